The zero-order chi connectivity index (χ0) is 24.2. The van der Waals surface area contributed by atoms with Gasteiger partial charge in [-0.1, -0.05) is 54.6 Å². The zero-order valence-electron chi connectivity index (χ0n) is 19.3. The Morgan fingerprint density at radius 1 is 0.914 bits per heavy atom. The molecule has 8 nitrogen and oxygen atoms in total. The average Bonchev–Trinajstić information content (AvgIpc) is 3.33. The highest BCUT2D eigenvalue weighted by atomic mass is 16.5. The minimum absolute atomic E-state index is 0.0838. The van der Waals surface area contributed by atoms with Crippen molar-refractivity contribution in [3.8, 4) is 5.75 Å². The molecule has 0 bridgehead atoms. The molecule has 3 aromatic carbocycles. The molecule has 0 saturated heterocycles. The molecule has 35 heavy (non-hydrogen) atoms. The summed E-state index contributed by atoms with van der Waals surface area (Å²) in [6, 6.07) is 24.8. The maximum atomic E-state index is 13.3. The lowest BCUT2D eigenvalue weighted by atomic mass is 10.2. The Kier molecular flexibility index (Phi) is 6.26. The number of methoxy groups -OCH3 is 1. The number of ether oxygens (including phenoxy) is 1. The van der Waals surface area contributed by atoms with Gasteiger partial charge in [-0.05, 0) is 35.4 Å². The maximum absolute atomic E-state index is 13.3. The van der Waals surface area contributed by atoms with Crippen molar-refractivity contribution >= 4 is 22.6 Å². The molecule has 0 aliphatic rings. The van der Waals surface area contributed by atoms with E-state index in [4.69, 9.17) is 4.74 Å². The first kappa shape index (κ1) is 22.3. The first-order chi connectivity index (χ1) is 17.1. The topological polar surface area (TPSA) is 90.5 Å². The molecule has 176 valence electrons. The second-order valence-electron chi connectivity index (χ2n) is 8.27. The number of nitrogens with zero attached hydrogens (tertiary/aromatic N) is 4. The Hall–Kier alpha value is -4.46. The summed E-state index contributed by atoms with van der Waals surface area (Å²) in [5.74, 6) is 1.79. The molecule has 0 radical (unpaired) electrons. The van der Waals surface area contributed by atoms with Crippen molar-refractivity contribution in [2.45, 2.75) is 25.9 Å². The highest BCUT2D eigenvalue weighted by molar-refractivity contribution is 5.80. The van der Waals surface area contributed by atoms with Crippen LogP contribution in [0.3, 0.4) is 0 Å². The summed E-state index contributed by atoms with van der Waals surface area (Å²) in [7, 11) is 1.62. The largest absolute Gasteiger partial charge is 0.497 e. The normalized spacial score (nSPS) is 11.1. The minimum atomic E-state index is -0.117. The molecule has 0 spiro atoms. The number of hydrogen-bond acceptors (Lipinski definition) is 5. The second-order valence-corrected chi connectivity index (χ2v) is 8.27. The van der Waals surface area contributed by atoms with Crippen LogP contribution >= 0.6 is 0 Å². The van der Waals surface area contributed by atoms with Crippen LogP contribution in [0.5, 0.6) is 5.75 Å². The van der Waals surface area contributed by atoms with Gasteiger partial charge in [-0.15, -0.1) is 10.2 Å². The molecule has 1 amide bonds. The van der Waals surface area contributed by atoms with Crippen molar-refractivity contribution in [1.29, 1.82) is 0 Å². The third kappa shape index (κ3) is 4.63. The maximum Gasteiger partial charge on any atom is 0.263 e. The smallest absolute Gasteiger partial charge is 0.263 e. The van der Waals surface area contributed by atoms with Crippen molar-refractivity contribution in [3.05, 3.63) is 106 Å². The van der Waals surface area contributed by atoms with E-state index >= 15 is 0 Å². The van der Waals surface area contributed by atoms with Gasteiger partial charge in [0.25, 0.3) is 5.56 Å². The van der Waals surface area contributed by atoms with E-state index in [1.54, 1.807) is 11.7 Å². The lowest BCUT2D eigenvalue weighted by Crippen LogP contribution is -2.25. The van der Waals surface area contributed by atoms with Gasteiger partial charge in [0.1, 0.15) is 11.6 Å². The van der Waals surface area contributed by atoms with Gasteiger partial charge in [0, 0.05) is 19.4 Å². The highest BCUT2D eigenvalue weighted by Gasteiger charge is 2.17. The van der Waals surface area contributed by atoms with E-state index < -0.39 is 0 Å². The Morgan fingerprint density at radius 3 is 2.43 bits per heavy atom. The Bertz CT molecular complexity index is 1540. The molecule has 8 heteroatoms. The number of fused-ring (bicyclic) bond motifs is 3. The first-order valence-corrected chi connectivity index (χ1v) is 11.4. The lowest BCUT2D eigenvalue weighted by Gasteiger charge is -2.11. The fraction of sp³-hybridized carbons (Fsp3) is 0.185. The minimum Gasteiger partial charge on any atom is -0.497 e. The van der Waals surface area contributed by atoms with Gasteiger partial charge in [0.2, 0.25) is 11.7 Å². The highest BCUT2D eigenvalue weighted by Crippen LogP contribution is 2.17. The van der Waals surface area contributed by atoms with Crippen LogP contribution in [0.1, 0.15) is 23.4 Å². The van der Waals surface area contributed by atoms with Gasteiger partial charge in [0.15, 0.2) is 0 Å². The van der Waals surface area contributed by atoms with Crippen LogP contribution in [-0.4, -0.2) is 32.2 Å². The quantitative estimate of drug-likeness (QED) is 0.378. The number of amides is 1. The molecule has 0 saturated carbocycles. The molecule has 0 fully saturated rings. The lowest BCUT2D eigenvalue weighted by molar-refractivity contribution is -0.121. The molecule has 0 aliphatic carbocycles. The first-order valence-electron chi connectivity index (χ1n) is 11.4. The molecule has 0 atom stereocenters. The molecule has 2 aromatic heterocycles. The molecule has 5 rings (SSSR count). The van der Waals surface area contributed by atoms with E-state index in [1.807, 2.05) is 83.3 Å². The Labute approximate surface area is 201 Å². The summed E-state index contributed by atoms with van der Waals surface area (Å²) in [4.78, 5) is 25.8. The van der Waals surface area contributed by atoms with E-state index in [9.17, 15) is 9.59 Å². The molecule has 5 aromatic rings. The summed E-state index contributed by atoms with van der Waals surface area (Å²) >= 11 is 0. The van der Waals surface area contributed by atoms with Crippen molar-refractivity contribution in [2.75, 3.05) is 7.11 Å². The average molecular weight is 468 g/mol. The van der Waals surface area contributed by atoms with Crippen LogP contribution in [0.25, 0.3) is 16.7 Å². The van der Waals surface area contributed by atoms with Crippen molar-refractivity contribution in [2.24, 2.45) is 0 Å². The van der Waals surface area contributed by atoms with Gasteiger partial charge < -0.3 is 10.1 Å². The number of para-hydroxylation sites is 1. The number of rotatable bonds is 8. The van der Waals surface area contributed by atoms with Gasteiger partial charge >= 0.3 is 0 Å². The summed E-state index contributed by atoms with van der Waals surface area (Å²) in [6.45, 7) is 0.817. The fourth-order valence-electron chi connectivity index (χ4n) is 4.14. The van der Waals surface area contributed by atoms with E-state index in [0.717, 1.165) is 22.4 Å². The Balaban J connectivity index is 1.39. The van der Waals surface area contributed by atoms with Crippen molar-refractivity contribution < 1.29 is 9.53 Å². The third-order valence-electron chi connectivity index (χ3n) is 5.98. The molecular weight excluding hydrogens is 442 g/mol. The molecule has 0 unspecified atom stereocenters. The number of nitrogens with one attached hydrogen (secondary N) is 1. The Morgan fingerprint density at radius 2 is 1.66 bits per heavy atom. The number of benzene rings is 3. The number of aryl methyl sites for hydroxylation is 1. The van der Waals surface area contributed by atoms with Crippen LogP contribution < -0.4 is 15.6 Å². The van der Waals surface area contributed by atoms with Crippen LogP contribution in [0.2, 0.25) is 0 Å². The van der Waals surface area contributed by atoms with Crippen LogP contribution in [-0.2, 0) is 24.3 Å². The van der Waals surface area contributed by atoms with Crippen LogP contribution in [0.4, 0.5) is 0 Å². The predicted octanol–water partition coefficient (Wildman–Crippen LogP) is 3.35. The molecule has 0 aliphatic heterocycles. The number of aromatic nitrogens is 4. The molecule has 1 N–H and O–H groups in total. The van der Waals surface area contributed by atoms with Gasteiger partial charge in [-0.25, -0.2) is 0 Å². The third-order valence-corrected chi connectivity index (χ3v) is 5.98. The van der Waals surface area contributed by atoms with E-state index in [1.165, 1.54) is 0 Å². The van der Waals surface area contributed by atoms with E-state index in [-0.39, 0.29) is 17.9 Å². The van der Waals surface area contributed by atoms with Crippen LogP contribution in [0.15, 0.2) is 83.7 Å². The summed E-state index contributed by atoms with van der Waals surface area (Å²) in [6.07, 6.45) is 0.645. The monoisotopic (exact) mass is 467 g/mol. The van der Waals surface area contributed by atoms with Gasteiger partial charge in [-0.3, -0.25) is 18.6 Å². The SMILES string of the molecule is COc1ccc(CNC(=O)CCc2nnc3n(Cc4ccccc4)c(=O)c4ccccc4n23)cc1. The zero-order valence-corrected chi connectivity index (χ0v) is 19.3. The number of hydrogen-bond donors (Lipinski definition) is 1. The molecule has 2 heterocycles. The summed E-state index contributed by atoms with van der Waals surface area (Å²) in [5.41, 5.74) is 2.60. The standard InChI is InChI=1S/C27H25N5O3/c1-35-21-13-11-19(12-14-21)17-28-25(33)16-15-24-29-30-27-31(18-20-7-3-2-4-8-20)26(34)22-9-5-6-10-23(22)32(24)27/h2-14H,15-18H2,1H3,(H,28,33). The van der Waals surface area contributed by atoms with Crippen molar-refractivity contribution in [1.82, 2.24) is 24.5 Å². The van der Waals surface area contributed by atoms with Gasteiger partial charge in [0.05, 0.1) is 24.6 Å². The summed E-state index contributed by atoms with van der Waals surface area (Å²) < 4.78 is 8.69. The summed E-state index contributed by atoms with van der Waals surface area (Å²) in [5, 5.41) is 12.2. The van der Waals surface area contributed by atoms with Crippen LogP contribution in [0, 0.1) is 0 Å². The van der Waals surface area contributed by atoms with Crippen molar-refractivity contribution in [3.63, 3.8) is 0 Å². The number of carbonyl (C=O) groups is 1. The number of carbonyl (C=O) groups excluding carboxylic acids is 1. The van der Waals surface area contributed by atoms with E-state index in [0.29, 0.717) is 36.5 Å². The van der Waals surface area contributed by atoms with Gasteiger partial charge in [-0.2, -0.15) is 0 Å². The predicted molar refractivity (Wildman–Crippen MR) is 133 cm³/mol. The van der Waals surface area contributed by atoms with E-state index in [2.05, 4.69) is 15.5 Å². The fourth-order valence-corrected chi connectivity index (χ4v) is 4.14. The molecular formula is C27H25N5O3. The second kappa shape index (κ2) is 9.80.